The van der Waals surface area contributed by atoms with Gasteiger partial charge in [-0.15, -0.1) is 0 Å². The number of allylic oxidation sites excluding steroid dienone is 5. The summed E-state index contributed by atoms with van der Waals surface area (Å²) in [6.45, 7) is 8.99. The maximum absolute atomic E-state index is 12.1. The molecule has 0 saturated heterocycles. The molecular weight excluding hydrogens is 340 g/mol. The molecule has 0 amide bonds. The van der Waals surface area contributed by atoms with Crippen LogP contribution in [0.3, 0.4) is 0 Å². The fraction of sp³-hybridized carbons (Fsp3) is 0.435. The lowest BCUT2D eigenvalue weighted by Crippen LogP contribution is -2.05. The van der Waals surface area contributed by atoms with Crippen molar-refractivity contribution >= 4 is 5.97 Å². The van der Waals surface area contributed by atoms with Gasteiger partial charge in [-0.3, -0.25) is 0 Å². The highest BCUT2D eigenvalue weighted by Crippen LogP contribution is 2.32. The Kier molecular flexibility index (Phi) is 8.18. The second-order valence-corrected chi connectivity index (χ2v) is 7.13. The molecule has 0 radical (unpaired) electrons. The lowest BCUT2D eigenvalue weighted by atomic mass is 10.1. The molecular formula is C23H30O4. The van der Waals surface area contributed by atoms with E-state index >= 15 is 0 Å². The van der Waals surface area contributed by atoms with Crippen molar-refractivity contribution in [2.24, 2.45) is 0 Å². The summed E-state index contributed by atoms with van der Waals surface area (Å²) in [6, 6.07) is 5.07. The Hall–Kier alpha value is -2.49. The van der Waals surface area contributed by atoms with Gasteiger partial charge in [0.1, 0.15) is 6.61 Å². The van der Waals surface area contributed by atoms with Crippen LogP contribution in [-0.4, -0.2) is 19.4 Å². The standard InChI is InChI=1S/C23H30O4/c1-17(2)7-5-8-18(3)9-6-10-19(4)13-14-25-23(24)20-11-12-21-22(15-20)27-16-26-21/h7,9,11-13,15H,5-6,8,10,14,16H2,1-4H3. The normalized spacial score (nSPS) is 13.5. The zero-order chi connectivity index (χ0) is 19.6. The highest BCUT2D eigenvalue weighted by Gasteiger charge is 2.16. The molecule has 0 aliphatic carbocycles. The first kappa shape index (κ1) is 20.8. The molecule has 1 aliphatic heterocycles. The van der Waals surface area contributed by atoms with Crippen molar-refractivity contribution in [3.63, 3.8) is 0 Å². The smallest absolute Gasteiger partial charge is 0.338 e. The minimum atomic E-state index is -0.354. The fourth-order valence-corrected chi connectivity index (χ4v) is 2.71. The molecule has 0 aromatic heterocycles. The van der Waals surface area contributed by atoms with E-state index in [1.807, 2.05) is 6.08 Å². The van der Waals surface area contributed by atoms with Gasteiger partial charge in [0.15, 0.2) is 11.5 Å². The molecule has 1 aromatic rings. The third-order valence-electron chi connectivity index (χ3n) is 4.38. The van der Waals surface area contributed by atoms with Crippen LogP contribution in [0.4, 0.5) is 0 Å². The van der Waals surface area contributed by atoms with E-state index in [-0.39, 0.29) is 19.4 Å². The minimum Gasteiger partial charge on any atom is -0.458 e. The van der Waals surface area contributed by atoms with Crippen LogP contribution >= 0.6 is 0 Å². The largest absolute Gasteiger partial charge is 0.458 e. The van der Waals surface area contributed by atoms with Crippen LogP contribution in [0.25, 0.3) is 0 Å². The van der Waals surface area contributed by atoms with E-state index in [0.717, 1.165) is 25.7 Å². The molecule has 0 saturated carbocycles. The zero-order valence-electron chi connectivity index (χ0n) is 16.8. The Bertz CT molecular complexity index is 737. The fourth-order valence-electron chi connectivity index (χ4n) is 2.71. The third-order valence-corrected chi connectivity index (χ3v) is 4.38. The molecule has 1 heterocycles. The summed E-state index contributed by atoms with van der Waals surface area (Å²) in [5.74, 6) is 0.891. The number of hydrogen-bond donors (Lipinski definition) is 0. The second kappa shape index (κ2) is 10.6. The summed E-state index contributed by atoms with van der Waals surface area (Å²) < 4.78 is 15.8. The van der Waals surface area contributed by atoms with Crippen LogP contribution in [0.1, 0.15) is 63.7 Å². The summed E-state index contributed by atoms with van der Waals surface area (Å²) in [4.78, 5) is 12.1. The van der Waals surface area contributed by atoms with Gasteiger partial charge in [-0.1, -0.05) is 28.9 Å². The number of esters is 1. The highest BCUT2D eigenvalue weighted by atomic mass is 16.7. The average molecular weight is 370 g/mol. The first-order chi connectivity index (χ1) is 13.0. The molecule has 2 rings (SSSR count). The highest BCUT2D eigenvalue weighted by molar-refractivity contribution is 5.90. The number of carbonyl (C=O) groups excluding carboxylic acids is 1. The van der Waals surface area contributed by atoms with Gasteiger partial charge in [0.25, 0.3) is 0 Å². The van der Waals surface area contributed by atoms with Crippen molar-refractivity contribution in [1.82, 2.24) is 0 Å². The first-order valence-electron chi connectivity index (χ1n) is 9.47. The van der Waals surface area contributed by atoms with E-state index in [9.17, 15) is 4.79 Å². The van der Waals surface area contributed by atoms with Crippen LogP contribution in [0, 0.1) is 0 Å². The summed E-state index contributed by atoms with van der Waals surface area (Å²) in [7, 11) is 0. The summed E-state index contributed by atoms with van der Waals surface area (Å²) >= 11 is 0. The zero-order valence-corrected chi connectivity index (χ0v) is 16.8. The van der Waals surface area contributed by atoms with Crippen LogP contribution < -0.4 is 9.47 Å². The monoisotopic (exact) mass is 370 g/mol. The van der Waals surface area contributed by atoms with Crippen LogP contribution in [-0.2, 0) is 4.74 Å². The number of rotatable bonds is 9. The van der Waals surface area contributed by atoms with Gasteiger partial charge in [0, 0.05) is 0 Å². The molecule has 1 aromatic carbocycles. The summed E-state index contributed by atoms with van der Waals surface area (Å²) in [5, 5.41) is 0. The van der Waals surface area contributed by atoms with E-state index in [1.165, 1.54) is 16.7 Å². The quantitative estimate of drug-likeness (QED) is 0.395. The number of ether oxygens (including phenoxy) is 3. The molecule has 1 aliphatic rings. The number of benzene rings is 1. The van der Waals surface area contributed by atoms with Crippen molar-refractivity contribution < 1.29 is 19.0 Å². The van der Waals surface area contributed by atoms with E-state index in [1.54, 1.807) is 18.2 Å². The maximum Gasteiger partial charge on any atom is 0.338 e. The molecule has 146 valence electrons. The molecule has 4 nitrogen and oxygen atoms in total. The summed E-state index contributed by atoms with van der Waals surface area (Å²) in [5.41, 5.74) is 4.49. The molecule has 0 bridgehead atoms. The molecule has 0 N–H and O–H groups in total. The topological polar surface area (TPSA) is 44.8 Å². The predicted octanol–water partition coefficient (Wildman–Crippen LogP) is 5.99. The van der Waals surface area contributed by atoms with Gasteiger partial charge >= 0.3 is 5.97 Å². The van der Waals surface area contributed by atoms with Crippen molar-refractivity contribution in [1.29, 1.82) is 0 Å². The Morgan fingerprint density at radius 2 is 1.63 bits per heavy atom. The molecule has 0 spiro atoms. The van der Waals surface area contributed by atoms with Gasteiger partial charge in [-0.05, 0) is 77.7 Å². The molecule has 0 fully saturated rings. The summed E-state index contributed by atoms with van der Waals surface area (Å²) in [6.07, 6.45) is 10.8. The molecule has 27 heavy (non-hydrogen) atoms. The molecule has 4 heteroatoms. The van der Waals surface area contributed by atoms with E-state index < -0.39 is 0 Å². The van der Waals surface area contributed by atoms with Gasteiger partial charge in [-0.2, -0.15) is 0 Å². The van der Waals surface area contributed by atoms with Crippen LogP contribution in [0.15, 0.2) is 53.1 Å². The predicted molar refractivity (Wildman–Crippen MR) is 108 cm³/mol. The van der Waals surface area contributed by atoms with Crippen molar-refractivity contribution in [2.45, 2.75) is 53.4 Å². The lowest BCUT2D eigenvalue weighted by molar-refractivity contribution is 0.0548. The van der Waals surface area contributed by atoms with Crippen molar-refractivity contribution in [3.8, 4) is 11.5 Å². The van der Waals surface area contributed by atoms with Gasteiger partial charge in [0.2, 0.25) is 6.79 Å². The Morgan fingerprint density at radius 1 is 0.963 bits per heavy atom. The SMILES string of the molecule is CC(C)=CCCC(C)=CCCC(C)=CCOC(=O)c1ccc2c(c1)OCO2. The Labute approximate surface area is 162 Å². The van der Waals surface area contributed by atoms with E-state index in [4.69, 9.17) is 14.2 Å². The van der Waals surface area contributed by atoms with Crippen molar-refractivity contribution in [2.75, 3.05) is 13.4 Å². The average Bonchev–Trinajstić information content (AvgIpc) is 3.09. The molecule has 0 unspecified atom stereocenters. The Morgan fingerprint density at radius 3 is 2.37 bits per heavy atom. The van der Waals surface area contributed by atoms with Crippen molar-refractivity contribution in [3.05, 3.63) is 58.7 Å². The Balaban J connectivity index is 1.70. The number of fused-ring (bicyclic) bond motifs is 1. The van der Waals surface area contributed by atoms with E-state index in [0.29, 0.717) is 17.1 Å². The van der Waals surface area contributed by atoms with Gasteiger partial charge in [-0.25, -0.2) is 4.79 Å². The van der Waals surface area contributed by atoms with Crippen LogP contribution in [0.5, 0.6) is 11.5 Å². The lowest BCUT2D eigenvalue weighted by Gasteiger charge is -2.05. The van der Waals surface area contributed by atoms with Gasteiger partial charge in [0.05, 0.1) is 5.56 Å². The maximum atomic E-state index is 12.1. The van der Waals surface area contributed by atoms with Gasteiger partial charge < -0.3 is 14.2 Å². The molecule has 0 atom stereocenters. The van der Waals surface area contributed by atoms with E-state index in [2.05, 4.69) is 39.8 Å². The number of carbonyl (C=O) groups is 1. The third kappa shape index (κ3) is 7.33. The second-order valence-electron chi connectivity index (χ2n) is 7.13. The minimum absolute atomic E-state index is 0.193. The van der Waals surface area contributed by atoms with Crippen LogP contribution in [0.2, 0.25) is 0 Å². The number of hydrogen-bond acceptors (Lipinski definition) is 4. The first-order valence-corrected chi connectivity index (χ1v) is 9.47.